The van der Waals surface area contributed by atoms with Gasteiger partial charge in [-0.25, -0.2) is 4.68 Å². The average Bonchev–Trinajstić information content (AvgIpc) is 2.76. The molecule has 0 saturated heterocycles. The molecule has 0 aliphatic heterocycles. The van der Waals surface area contributed by atoms with E-state index in [4.69, 9.17) is 23.2 Å². The monoisotopic (exact) mass is 355 g/mol. The summed E-state index contributed by atoms with van der Waals surface area (Å²) in [7, 11) is 0. The number of carbonyl (C=O) groups excluding carboxylic acids is 2. The Balaban J connectivity index is 2.52. The van der Waals surface area contributed by atoms with E-state index in [1.807, 2.05) is 0 Å². The highest BCUT2D eigenvalue weighted by Gasteiger charge is 2.18. The van der Waals surface area contributed by atoms with Crippen LogP contribution in [0.25, 0.3) is 0 Å². The lowest BCUT2D eigenvalue weighted by Gasteiger charge is -2.04. The molecule has 1 aromatic heterocycles. The second kappa shape index (κ2) is 6.76. The number of hydrogen-bond donors (Lipinski definition) is 2. The van der Waals surface area contributed by atoms with Crippen LogP contribution in [-0.4, -0.2) is 21.6 Å². The van der Waals surface area contributed by atoms with Gasteiger partial charge in [-0.2, -0.15) is 0 Å². The number of carbonyl (C=O) groups is 2. The van der Waals surface area contributed by atoms with Crippen LogP contribution in [0.15, 0.2) is 33.2 Å². The second-order valence-electron chi connectivity index (χ2n) is 4.47. The fraction of sp³-hybridized carbons (Fsp3) is 0.154. The maximum atomic E-state index is 11.9. The van der Waals surface area contributed by atoms with E-state index < -0.39 is 17.4 Å². The number of nitrogens with one attached hydrogen (secondary N) is 2. The van der Waals surface area contributed by atoms with Crippen molar-refractivity contribution in [2.24, 2.45) is 10.2 Å². The fourth-order valence-corrected chi connectivity index (χ4v) is 2.02. The van der Waals surface area contributed by atoms with Crippen LogP contribution < -0.4 is 10.9 Å². The molecule has 0 fully saturated rings. The standard InChI is InChI=1S/C13H11Cl2N5O3/c1-6(21)16-12-11(13(23)19-20(12)7(2)22)18-17-10-5-8(14)3-4-9(10)15/h3-5H,1-2H3,(H,16,21)(H,19,23). The van der Waals surface area contributed by atoms with Gasteiger partial charge in [0.1, 0.15) is 5.69 Å². The molecule has 0 unspecified atom stereocenters. The summed E-state index contributed by atoms with van der Waals surface area (Å²) >= 11 is 11.8. The number of aromatic nitrogens is 2. The van der Waals surface area contributed by atoms with Crippen LogP contribution in [0.3, 0.4) is 0 Å². The van der Waals surface area contributed by atoms with Crippen LogP contribution in [-0.2, 0) is 4.79 Å². The van der Waals surface area contributed by atoms with E-state index in [-0.39, 0.29) is 22.2 Å². The van der Waals surface area contributed by atoms with E-state index in [0.29, 0.717) is 5.02 Å². The number of hydrogen-bond acceptors (Lipinski definition) is 5. The summed E-state index contributed by atoms with van der Waals surface area (Å²) in [5.41, 5.74) is -0.680. The Hall–Kier alpha value is -2.45. The summed E-state index contributed by atoms with van der Waals surface area (Å²) in [4.78, 5) is 34.7. The van der Waals surface area contributed by atoms with Crippen molar-refractivity contribution >= 4 is 52.2 Å². The zero-order chi connectivity index (χ0) is 17.1. The molecule has 0 bridgehead atoms. The van der Waals surface area contributed by atoms with Gasteiger partial charge >= 0.3 is 0 Å². The summed E-state index contributed by atoms with van der Waals surface area (Å²) in [5.74, 6) is -1.08. The molecule has 23 heavy (non-hydrogen) atoms. The molecule has 10 heteroatoms. The quantitative estimate of drug-likeness (QED) is 0.821. The molecule has 0 spiro atoms. The molecule has 120 valence electrons. The third-order valence-corrected chi connectivity index (χ3v) is 3.21. The Labute approximate surface area is 140 Å². The highest BCUT2D eigenvalue weighted by atomic mass is 35.5. The van der Waals surface area contributed by atoms with Crippen molar-refractivity contribution in [3.8, 4) is 0 Å². The maximum absolute atomic E-state index is 11.9. The number of nitrogens with zero attached hydrogens (tertiary/aromatic N) is 3. The smallest absolute Gasteiger partial charge is 0.294 e. The molecule has 2 N–H and O–H groups in total. The van der Waals surface area contributed by atoms with Gasteiger partial charge in [-0.1, -0.05) is 23.2 Å². The topological polar surface area (TPSA) is 109 Å². The van der Waals surface area contributed by atoms with Gasteiger partial charge < -0.3 is 5.32 Å². The van der Waals surface area contributed by atoms with Gasteiger partial charge in [0.05, 0.1) is 5.02 Å². The van der Waals surface area contributed by atoms with Crippen LogP contribution >= 0.6 is 23.2 Å². The van der Waals surface area contributed by atoms with Gasteiger partial charge in [-0.3, -0.25) is 19.5 Å². The molecule has 8 nitrogen and oxygen atoms in total. The maximum Gasteiger partial charge on any atom is 0.294 e. The van der Waals surface area contributed by atoms with Gasteiger partial charge in [-0.15, -0.1) is 10.2 Å². The minimum Gasteiger partial charge on any atom is -0.309 e. The van der Waals surface area contributed by atoms with Crippen LogP contribution in [0.1, 0.15) is 18.6 Å². The van der Waals surface area contributed by atoms with Gasteiger partial charge in [-0.05, 0) is 18.2 Å². The van der Waals surface area contributed by atoms with E-state index in [1.54, 1.807) is 6.07 Å². The highest BCUT2D eigenvalue weighted by molar-refractivity contribution is 6.35. The van der Waals surface area contributed by atoms with E-state index in [1.165, 1.54) is 26.0 Å². The predicted molar refractivity (Wildman–Crippen MR) is 86.3 cm³/mol. The van der Waals surface area contributed by atoms with Gasteiger partial charge in [0.25, 0.3) is 5.56 Å². The Morgan fingerprint density at radius 1 is 1.22 bits per heavy atom. The van der Waals surface area contributed by atoms with Gasteiger partial charge in [0, 0.05) is 18.9 Å². The van der Waals surface area contributed by atoms with Crippen molar-refractivity contribution in [1.82, 2.24) is 9.78 Å². The van der Waals surface area contributed by atoms with Crippen molar-refractivity contribution in [3.05, 3.63) is 38.6 Å². The third-order valence-electron chi connectivity index (χ3n) is 2.65. The lowest BCUT2D eigenvalue weighted by atomic mass is 10.3. The first kappa shape index (κ1) is 16.9. The lowest BCUT2D eigenvalue weighted by molar-refractivity contribution is -0.114. The molecule has 2 rings (SSSR count). The third kappa shape index (κ3) is 3.85. The molecule has 0 radical (unpaired) electrons. The molecule has 1 aromatic carbocycles. The number of benzene rings is 1. The zero-order valence-electron chi connectivity index (χ0n) is 12.1. The Morgan fingerprint density at radius 2 is 1.91 bits per heavy atom. The minimum absolute atomic E-state index is 0.100. The van der Waals surface area contributed by atoms with Crippen molar-refractivity contribution in [2.75, 3.05) is 5.32 Å². The molecule has 0 aliphatic carbocycles. The van der Waals surface area contributed by atoms with Gasteiger partial charge in [0.2, 0.25) is 11.8 Å². The summed E-state index contributed by atoms with van der Waals surface area (Å²) in [6.07, 6.45) is 0. The Morgan fingerprint density at radius 3 is 2.52 bits per heavy atom. The summed E-state index contributed by atoms with van der Waals surface area (Å²) in [6, 6.07) is 4.56. The minimum atomic E-state index is -0.689. The second-order valence-corrected chi connectivity index (χ2v) is 5.31. The first-order valence-electron chi connectivity index (χ1n) is 6.30. The fourth-order valence-electron chi connectivity index (χ4n) is 1.70. The number of rotatable bonds is 3. The molecule has 1 heterocycles. The number of amides is 1. The van der Waals surface area contributed by atoms with E-state index in [9.17, 15) is 14.4 Å². The molecular formula is C13H11Cl2N5O3. The van der Waals surface area contributed by atoms with Crippen LogP contribution in [0.4, 0.5) is 17.2 Å². The van der Waals surface area contributed by atoms with Gasteiger partial charge in [0.15, 0.2) is 11.5 Å². The van der Waals surface area contributed by atoms with Crippen LogP contribution in [0.2, 0.25) is 10.0 Å². The SMILES string of the molecule is CC(=O)Nc1c(N=Nc2cc(Cl)ccc2Cl)c(=O)[nH]n1C(C)=O. The number of anilines is 1. The molecule has 1 amide bonds. The van der Waals surface area contributed by atoms with Crippen molar-refractivity contribution < 1.29 is 9.59 Å². The predicted octanol–water partition coefficient (Wildman–Crippen LogP) is 3.52. The van der Waals surface area contributed by atoms with Crippen molar-refractivity contribution in [3.63, 3.8) is 0 Å². The summed E-state index contributed by atoms with van der Waals surface area (Å²) < 4.78 is 0.873. The molecule has 0 atom stereocenters. The molecule has 0 aliphatic rings. The number of aromatic amines is 1. The Bertz CT molecular complexity index is 869. The highest BCUT2D eigenvalue weighted by Crippen LogP contribution is 2.30. The molecular weight excluding hydrogens is 345 g/mol. The summed E-state index contributed by atoms with van der Waals surface area (Å²) in [6.45, 7) is 2.45. The zero-order valence-corrected chi connectivity index (χ0v) is 13.6. The van der Waals surface area contributed by atoms with Crippen LogP contribution in [0.5, 0.6) is 0 Å². The molecule has 2 aromatic rings. The summed E-state index contributed by atoms with van der Waals surface area (Å²) in [5, 5.41) is 12.9. The van der Waals surface area contributed by atoms with Crippen molar-refractivity contribution in [2.45, 2.75) is 13.8 Å². The van der Waals surface area contributed by atoms with E-state index in [2.05, 4.69) is 20.6 Å². The first-order valence-corrected chi connectivity index (χ1v) is 7.05. The average molecular weight is 356 g/mol. The first-order chi connectivity index (χ1) is 10.8. The van der Waals surface area contributed by atoms with Crippen molar-refractivity contribution in [1.29, 1.82) is 0 Å². The Kier molecular flexibility index (Phi) is 4.97. The normalized spacial score (nSPS) is 11.0. The number of H-pyrrole nitrogens is 1. The number of azo groups is 1. The van der Waals surface area contributed by atoms with E-state index >= 15 is 0 Å². The largest absolute Gasteiger partial charge is 0.309 e. The number of halogens is 2. The lowest BCUT2D eigenvalue weighted by Crippen LogP contribution is -2.16. The molecule has 0 saturated carbocycles. The van der Waals surface area contributed by atoms with Crippen LogP contribution in [0, 0.1) is 0 Å². The van der Waals surface area contributed by atoms with E-state index in [0.717, 1.165) is 4.68 Å².